The first kappa shape index (κ1) is 28.6. The molecule has 2 aromatic rings. The molecule has 2 aromatic carbocycles. The van der Waals surface area contributed by atoms with Crippen LogP contribution in [0.5, 0.6) is 0 Å². The molecule has 0 spiro atoms. The van der Waals surface area contributed by atoms with E-state index in [9.17, 15) is 0 Å². The van der Waals surface area contributed by atoms with Gasteiger partial charge >= 0.3 is 37.9 Å². The van der Waals surface area contributed by atoms with Crippen molar-refractivity contribution in [3.63, 3.8) is 0 Å². The molecule has 0 aliphatic heterocycles. The molecule has 0 fully saturated rings. The molecule has 31 heavy (non-hydrogen) atoms. The third-order valence-electron chi connectivity index (χ3n) is 4.98. The van der Waals surface area contributed by atoms with Crippen LogP contribution in [0.3, 0.4) is 0 Å². The summed E-state index contributed by atoms with van der Waals surface area (Å²) in [5, 5.41) is 0. The topological polar surface area (TPSA) is 0 Å². The van der Waals surface area contributed by atoms with E-state index in [2.05, 4.69) is 106 Å². The molecule has 0 heterocycles. The molecule has 2 aliphatic rings. The second kappa shape index (κ2) is 18.1. The van der Waals surface area contributed by atoms with Gasteiger partial charge in [-0.15, -0.1) is 12.0 Å². The number of halogens is 2. The van der Waals surface area contributed by atoms with E-state index < -0.39 is 20.8 Å². The Morgan fingerprint density at radius 3 is 2.00 bits per heavy atom. The van der Waals surface area contributed by atoms with Crippen molar-refractivity contribution in [1.82, 2.24) is 0 Å². The van der Waals surface area contributed by atoms with E-state index in [1.165, 1.54) is 47.9 Å². The number of unbranched alkanes of at least 4 members (excludes halogenated alkanes) is 3. The van der Waals surface area contributed by atoms with Crippen LogP contribution in [-0.4, -0.2) is 9.52 Å². The maximum atomic E-state index is 4.93. The maximum absolute atomic E-state index is 4.93. The van der Waals surface area contributed by atoms with Crippen LogP contribution < -0.4 is 0 Å². The Kier molecular flexibility index (Phi) is 16.7. The summed E-state index contributed by atoms with van der Waals surface area (Å²) in [6, 6.07) is 17.1. The minimum atomic E-state index is -0.826. The molecule has 0 N–H and O–H groups in total. The summed E-state index contributed by atoms with van der Waals surface area (Å²) in [6.07, 6.45) is 16.4. The van der Waals surface area contributed by atoms with E-state index in [0.717, 1.165) is 9.52 Å². The fourth-order valence-electron chi connectivity index (χ4n) is 3.55. The average molecular weight is 549 g/mol. The van der Waals surface area contributed by atoms with Gasteiger partial charge in [-0.2, -0.15) is 12.8 Å². The van der Waals surface area contributed by atoms with Crippen LogP contribution in [0.2, 0.25) is 13.1 Å². The summed E-state index contributed by atoms with van der Waals surface area (Å²) in [7, 11) is 11.0. The van der Waals surface area contributed by atoms with Crippen LogP contribution in [0.25, 0.3) is 12.2 Å². The van der Waals surface area contributed by atoms with Gasteiger partial charge in [0.25, 0.3) is 0 Å². The van der Waals surface area contributed by atoms with Gasteiger partial charge in [-0.25, -0.2) is 0 Å². The third kappa shape index (κ3) is 10.8. The number of benzene rings is 2. The summed E-state index contributed by atoms with van der Waals surface area (Å²) in [5.41, 5.74) is 5.60. The van der Waals surface area contributed by atoms with Gasteiger partial charge in [0, 0.05) is 15.4 Å². The van der Waals surface area contributed by atoms with Crippen LogP contribution in [0, 0.1) is 13.3 Å². The predicted octanol–water partition coefficient (Wildman–Crippen LogP) is 9.38. The Bertz CT molecular complexity index is 786. The van der Waals surface area contributed by atoms with Gasteiger partial charge in [-0.05, 0) is 16.7 Å². The molecule has 2 aliphatic carbocycles. The van der Waals surface area contributed by atoms with Gasteiger partial charge in [0.1, 0.15) is 0 Å². The summed E-state index contributed by atoms with van der Waals surface area (Å²) in [5.74, 6) is 1.03. The van der Waals surface area contributed by atoms with Gasteiger partial charge in [-0.3, -0.25) is 0 Å². The van der Waals surface area contributed by atoms with Crippen LogP contribution in [0.1, 0.15) is 66.7 Å². The molecule has 164 valence electrons. The first-order valence-corrected chi connectivity index (χ1v) is 19.2. The van der Waals surface area contributed by atoms with Crippen molar-refractivity contribution in [3.8, 4) is 0 Å². The molecular formula is C27H34Cl2SiZr. The number of rotatable bonds is 5. The summed E-state index contributed by atoms with van der Waals surface area (Å²) in [4.78, 5) is 0. The molecule has 0 aromatic heterocycles. The summed E-state index contributed by atoms with van der Waals surface area (Å²) in [6.45, 7) is 10.5. The van der Waals surface area contributed by atoms with Gasteiger partial charge in [0.15, 0.2) is 0 Å². The molecule has 0 bridgehead atoms. The van der Waals surface area contributed by atoms with Gasteiger partial charge in [0.05, 0.1) is 0 Å². The molecule has 2 radical (unpaired) electrons. The van der Waals surface area contributed by atoms with Gasteiger partial charge in [0.2, 0.25) is 0 Å². The first-order chi connectivity index (χ1) is 15.1. The molecule has 4 rings (SSSR count). The van der Waals surface area contributed by atoms with Crippen molar-refractivity contribution in [2.24, 2.45) is 0 Å². The Hall–Kier alpha value is -0.400. The normalized spacial score (nSPS) is 16.5. The zero-order chi connectivity index (χ0) is 22.9. The minimum absolute atomic E-state index is 0.371. The van der Waals surface area contributed by atoms with Gasteiger partial charge < -0.3 is 13.3 Å². The second-order valence-electron chi connectivity index (χ2n) is 7.42. The van der Waals surface area contributed by atoms with Crippen LogP contribution in [-0.2, 0) is 20.8 Å². The molecule has 0 nitrogen and oxygen atoms in total. The quantitative estimate of drug-likeness (QED) is 0.198. The fourth-order valence-corrected chi connectivity index (χ4v) is 3.55. The van der Waals surface area contributed by atoms with E-state index in [1.54, 1.807) is 0 Å². The summed E-state index contributed by atoms with van der Waals surface area (Å²) >= 11 is -0.826. The SMILES string of the molecule is CCC[CH-]CCC1C=Cc2ccccc21.C[Si]C.[CH2-]C1C=Cc2ccccc21.[Cl][Zr+2][Cl]. The van der Waals surface area contributed by atoms with Crippen molar-refractivity contribution >= 4 is 38.7 Å². The predicted molar refractivity (Wildman–Crippen MR) is 139 cm³/mol. The molecular weight excluding hydrogens is 515 g/mol. The Balaban J connectivity index is 0.000000258. The Labute approximate surface area is 212 Å². The molecule has 0 saturated carbocycles. The van der Waals surface area contributed by atoms with Crippen molar-refractivity contribution in [2.75, 3.05) is 0 Å². The number of fused-ring (bicyclic) bond motifs is 2. The van der Waals surface area contributed by atoms with Gasteiger partial charge in [-0.1, -0.05) is 105 Å². The molecule has 0 amide bonds. The standard InChI is InChI=1S/C15H19.C10H9.C2H6Si.2ClH.Zr/c1-2-3-4-5-8-13-11-12-14-9-6-7-10-15(13)14;1-8-6-7-9-4-2-3-5-10(8)9;1-3-2;;;/h4,6-7,9-13H,2-3,5,8H2,1H3;2-8H,1H2;1-2H3;2*1H;/q2*-1;;;;+4/p-2. The van der Waals surface area contributed by atoms with E-state index in [1.807, 2.05) is 0 Å². The van der Waals surface area contributed by atoms with E-state index >= 15 is 0 Å². The number of hydrogen-bond acceptors (Lipinski definition) is 0. The van der Waals surface area contributed by atoms with E-state index in [-0.39, 0.29) is 0 Å². The van der Waals surface area contributed by atoms with Crippen molar-refractivity contribution in [2.45, 2.75) is 57.5 Å². The molecule has 2 unspecified atom stereocenters. The van der Waals surface area contributed by atoms with Crippen molar-refractivity contribution in [1.29, 1.82) is 0 Å². The van der Waals surface area contributed by atoms with E-state index in [4.69, 9.17) is 17.0 Å². The fraction of sp³-hybridized carbons (Fsp3) is 0.333. The second-order valence-corrected chi connectivity index (χ2v) is 12.1. The van der Waals surface area contributed by atoms with Crippen molar-refractivity contribution < 1.29 is 20.8 Å². The molecule has 2 atom stereocenters. The first-order valence-electron chi connectivity index (χ1n) is 10.9. The Morgan fingerprint density at radius 1 is 0.903 bits per heavy atom. The average Bonchev–Trinajstić information content (AvgIpc) is 3.37. The number of allylic oxidation sites excluding steroid dienone is 2. The zero-order valence-corrected chi connectivity index (χ0v) is 23.9. The van der Waals surface area contributed by atoms with Crippen LogP contribution in [0.4, 0.5) is 0 Å². The third-order valence-corrected chi connectivity index (χ3v) is 4.98. The van der Waals surface area contributed by atoms with E-state index in [0.29, 0.717) is 11.8 Å². The number of hydrogen-bond donors (Lipinski definition) is 0. The van der Waals surface area contributed by atoms with Crippen LogP contribution in [0.15, 0.2) is 60.7 Å². The molecule has 0 saturated heterocycles. The molecule has 4 heteroatoms. The van der Waals surface area contributed by atoms with Crippen LogP contribution >= 0.6 is 17.0 Å². The monoisotopic (exact) mass is 546 g/mol. The zero-order valence-electron chi connectivity index (χ0n) is 19.0. The Morgan fingerprint density at radius 2 is 1.42 bits per heavy atom. The summed E-state index contributed by atoms with van der Waals surface area (Å²) < 4.78 is 0. The van der Waals surface area contributed by atoms with Crippen molar-refractivity contribution in [3.05, 3.63) is 96.3 Å².